The third kappa shape index (κ3) is 5.02. The maximum atomic E-state index is 14.1. The molecule has 2 nitrogen and oxygen atoms in total. The SMILES string of the molecule is C=C/C=C(F)\C(CCN)=C(/C)CC1=CCC=CC=C1C#N. The van der Waals surface area contributed by atoms with E-state index in [1.807, 2.05) is 25.2 Å². The summed E-state index contributed by atoms with van der Waals surface area (Å²) < 4.78 is 14.1. The number of halogens is 1. The first kappa shape index (κ1) is 16.9. The number of allylic oxidation sites excluding steroid dienone is 10. The Labute approximate surface area is 126 Å². The average molecular weight is 284 g/mol. The first-order valence-electron chi connectivity index (χ1n) is 6.97. The molecule has 0 fully saturated rings. The van der Waals surface area contributed by atoms with Crippen LogP contribution in [0.4, 0.5) is 4.39 Å². The molecule has 0 saturated heterocycles. The molecule has 0 aliphatic heterocycles. The summed E-state index contributed by atoms with van der Waals surface area (Å²) >= 11 is 0. The second kappa shape index (κ2) is 8.89. The van der Waals surface area contributed by atoms with E-state index in [1.54, 1.807) is 6.08 Å². The second-order valence-corrected chi connectivity index (χ2v) is 4.81. The van der Waals surface area contributed by atoms with E-state index in [1.165, 1.54) is 12.2 Å². The van der Waals surface area contributed by atoms with Gasteiger partial charge in [-0.15, -0.1) is 0 Å². The van der Waals surface area contributed by atoms with E-state index in [9.17, 15) is 9.65 Å². The summed E-state index contributed by atoms with van der Waals surface area (Å²) in [5.41, 5.74) is 8.63. The van der Waals surface area contributed by atoms with Crippen molar-refractivity contribution in [2.24, 2.45) is 5.73 Å². The maximum Gasteiger partial charge on any atom is 0.126 e. The van der Waals surface area contributed by atoms with E-state index in [0.717, 1.165) is 17.6 Å². The minimum Gasteiger partial charge on any atom is -0.330 e. The van der Waals surface area contributed by atoms with Gasteiger partial charge in [0.05, 0.1) is 11.6 Å². The van der Waals surface area contributed by atoms with Gasteiger partial charge in [0.2, 0.25) is 0 Å². The Morgan fingerprint density at radius 3 is 2.95 bits per heavy atom. The molecule has 3 heteroatoms. The van der Waals surface area contributed by atoms with E-state index in [2.05, 4.69) is 12.6 Å². The summed E-state index contributed by atoms with van der Waals surface area (Å²) in [7, 11) is 0. The monoisotopic (exact) mass is 284 g/mol. The smallest absolute Gasteiger partial charge is 0.126 e. The van der Waals surface area contributed by atoms with Crippen molar-refractivity contribution in [3.8, 4) is 6.07 Å². The summed E-state index contributed by atoms with van der Waals surface area (Å²) in [6.45, 7) is 5.78. The van der Waals surface area contributed by atoms with Crippen molar-refractivity contribution >= 4 is 0 Å². The van der Waals surface area contributed by atoms with Crippen molar-refractivity contribution in [1.82, 2.24) is 0 Å². The first-order valence-corrected chi connectivity index (χ1v) is 6.97. The molecule has 0 aromatic heterocycles. The van der Waals surface area contributed by atoms with Crippen molar-refractivity contribution in [2.75, 3.05) is 6.54 Å². The van der Waals surface area contributed by atoms with E-state index < -0.39 is 0 Å². The lowest BCUT2D eigenvalue weighted by molar-refractivity contribution is 0.634. The van der Waals surface area contributed by atoms with Crippen molar-refractivity contribution in [2.45, 2.75) is 26.2 Å². The zero-order valence-electron chi connectivity index (χ0n) is 12.4. The van der Waals surface area contributed by atoms with Crippen LogP contribution in [0, 0.1) is 11.3 Å². The van der Waals surface area contributed by atoms with Crippen molar-refractivity contribution < 1.29 is 4.39 Å². The van der Waals surface area contributed by atoms with Gasteiger partial charge in [0, 0.05) is 0 Å². The number of rotatable bonds is 6. The Morgan fingerprint density at radius 1 is 1.57 bits per heavy atom. The summed E-state index contributed by atoms with van der Waals surface area (Å²) in [5.74, 6) is -0.303. The van der Waals surface area contributed by atoms with Crippen LogP contribution in [0.25, 0.3) is 0 Å². The van der Waals surface area contributed by atoms with Crippen molar-refractivity contribution in [1.29, 1.82) is 5.26 Å². The fourth-order valence-corrected chi connectivity index (χ4v) is 2.22. The Hall–Kier alpha value is -2.18. The minimum atomic E-state index is -0.303. The molecule has 1 aliphatic rings. The van der Waals surface area contributed by atoms with Crippen LogP contribution in [0.5, 0.6) is 0 Å². The Kier molecular flexibility index (Phi) is 7.14. The summed E-state index contributed by atoms with van der Waals surface area (Å²) in [5, 5.41) is 9.21. The third-order valence-electron chi connectivity index (χ3n) is 3.28. The zero-order chi connectivity index (χ0) is 15.7. The molecule has 0 radical (unpaired) electrons. The van der Waals surface area contributed by atoms with Gasteiger partial charge in [-0.25, -0.2) is 4.39 Å². The summed E-state index contributed by atoms with van der Waals surface area (Å²) in [4.78, 5) is 0. The lowest BCUT2D eigenvalue weighted by Crippen LogP contribution is -2.03. The Balaban J connectivity index is 3.09. The van der Waals surface area contributed by atoms with Crippen LogP contribution in [0.15, 0.2) is 71.2 Å². The fourth-order valence-electron chi connectivity index (χ4n) is 2.22. The van der Waals surface area contributed by atoms with Gasteiger partial charge in [-0.05, 0) is 56.0 Å². The Morgan fingerprint density at radius 2 is 2.33 bits per heavy atom. The molecule has 0 unspecified atom stereocenters. The molecule has 0 aromatic carbocycles. The highest BCUT2D eigenvalue weighted by Gasteiger charge is 2.12. The van der Waals surface area contributed by atoms with Gasteiger partial charge in [-0.1, -0.05) is 36.5 Å². The third-order valence-corrected chi connectivity index (χ3v) is 3.28. The molecule has 1 aliphatic carbocycles. The highest BCUT2D eigenvalue weighted by atomic mass is 19.1. The van der Waals surface area contributed by atoms with Crippen LogP contribution in [0.1, 0.15) is 26.2 Å². The van der Waals surface area contributed by atoms with Crippen LogP contribution < -0.4 is 5.73 Å². The molecule has 0 atom stereocenters. The quantitative estimate of drug-likeness (QED) is 0.734. The Bertz CT molecular complexity index is 581. The molecule has 110 valence electrons. The van der Waals surface area contributed by atoms with Crippen LogP contribution >= 0.6 is 0 Å². The van der Waals surface area contributed by atoms with Gasteiger partial charge in [-0.2, -0.15) is 5.26 Å². The topological polar surface area (TPSA) is 49.8 Å². The summed E-state index contributed by atoms with van der Waals surface area (Å²) in [6, 6.07) is 2.19. The van der Waals surface area contributed by atoms with E-state index in [0.29, 0.717) is 30.5 Å². The maximum absolute atomic E-state index is 14.1. The van der Waals surface area contributed by atoms with Crippen molar-refractivity contribution in [3.05, 3.63) is 71.2 Å². The molecule has 0 aromatic rings. The van der Waals surface area contributed by atoms with Crippen LogP contribution in [0.2, 0.25) is 0 Å². The molecule has 0 heterocycles. The van der Waals surface area contributed by atoms with Gasteiger partial charge in [0.15, 0.2) is 0 Å². The average Bonchev–Trinajstić information content (AvgIpc) is 2.69. The molecule has 2 N–H and O–H groups in total. The van der Waals surface area contributed by atoms with E-state index in [4.69, 9.17) is 5.73 Å². The molecule has 0 bridgehead atoms. The zero-order valence-corrected chi connectivity index (χ0v) is 12.4. The largest absolute Gasteiger partial charge is 0.330 e. The molecular weight excluding hydrogens is 263 g/mol. The summed E-state index contributed by atoms with van der Waals surface area (Å²) in [6.07, 6.45) is 12.2. The number of hydrogen-bond donors (Lipinski definition) is 1. The molecule has 0 saturated carbocycles. The first-order chi connectivity index (χ1) is 10.1. The number of nitriles is 1. The highest BCUT2D eigenvalue weighted by molar-refractivity contribution is 5.48. The van der Waals surface area contributed by atoms with Gasteiger partial charge >= 0.3 is 0 Å². The molecule has 0 amide bonds. The highest BCUT2D eigenvalue weighted by Crippen LogP contribution is 2.27. The van der Waals surface area contributed by atoms with Gasteiger partial charge in [-0.3, -0.25) is 0 Å². The van der Waals surface area contributed by atoms with Crippen LogP contribution in [0.3, 0.4) is 0 Å². The molecule has 1 rings (SSSR count). The number of nitrogens with two attached hydrogens (primary N) is 1. The van der Waals surface area contributed by atoms with E-state index >= 15 is 0 Å². The molecule has 21 heavy (non-hydrogen) atoms. The van der Waals surface area contributed by atoms with E-state index in [-0.39, 0.29) is 5.83 Å². The normalized spacial score (nSPS) is 16.4. The number of nitrogens with zero attached hydrogens (tertiary/aromatic N) is 1. The second-order valence-electron chi connectivity index (χ2n) is 4.81. The van der Waals surface area contributed by atoms with Gasteiger partial charge in [0.25, 0.3) is 0 Å². The molecular formula is C18H21FN2. The van der Waals surface area contributed by atoms with Crippen LogP contribution in [-0.4, -0.2) is 6.54 Å². The van der Waals surface area contributed by atoms with Crippen LogP contribution in [-0.2, 0) is 0 Å². The standard InChI is InChI=1S/C18H21FN2/c1-3-7-18(19)17(10-11-20)14(2)12-15-8-5-4-6-9-16(15)13-21/h3-4,6-9H,1,5,10-12,20H2,2H3/b17-14+,18-7+. The lowest BCUT2D eigenvalue weighted by Gasteiger charge is -2.12. The predicted octanol–water partition coefficient (Wildman–Crippen LogP) is 4.42. The number of hydrogen-bond acceptors (Lipinski definition) is 2. The predicted molar refractivity (Wildman–Crippen MR) is 85.9 cm³/mol. The molecule has 0 spiro atoms. The lowest BCUT2D eigenvalue weighted by atomic mass is 9.94. The van der Waals surface area contributed by atoms with Crippen molar-refractivity contribution in [3.63, 3.8) is 0 Å². The van der Waals surface area contributed by atoms with Gasteiger partial charge in [0.1, 0.15) is 5.83 Å². The van der Waals surface area contributed by atoms with Gasteiger partial charge < -0.3 is 5.73 Å². The minimum absolute atomic E-state index is 0.303. The fraction of sp³-hybridized carbons (Fsp3) is 0.278.